The molecular formula is C18H16BNO10. The van der Waals surface area contributed by atoms with Gasteiger partial charge in [-0.15, -0.1) is 0 Å². The second-order valence-electron chi connectivity index (χ2n) is 6.72. The third kappa shape index (κ3) is 4.33. The van der Waals surface area contributed by atoms with Gasteiger partial charge in [0.2, 0.25) is 6.29 Å². The summed E-state index contributed by atoms with van der Waals surface area (Å²) in [6.07, 6.45) is -0.470. The second kappa shape index (κ2) is 8.37. The molecule has 11 nitrogen and oxygen atoms in total. The molecule has 1 unspecified atom stereocenters. The van der Waals surface area contributed by atoms with Crippen molar-refractivity contribution in [3.63, 3.8) is 0 Å². The highest BCUT2D eigenvalue weighted by molar-refractivity contribution is 6.52. The maximum atomic E-state index is 12.4. The molecule has 3 rings (SSSR count). The van der Waals surface area contributed by atoms with Crippen molar-refractivity contribution >= 4 is 48.2 Å². The predicted molar refractivity (Wildman–Crippen MR) is 98.1 cm³/mol. The fraction of sp³-hybridized carbons (Fsp3) is 0.278. The van der Waals surface area contributed by atoms with Gasteiger partial charge >= 0.3 is 25.0 Å². The number of carboxylic acids is 2. The number of nitrogens with one attached hydrogen (secondary N) is 1. The van der Waals surface area contributed by atoms with Gasteiger partial charge in [-0.3, -0.25) is 24.0 Å². The van der Waals surface area contributed by atoms with Gasteiger partial charge in [0.05, 0.1) is 25.0 Å². The number of carboxylic acid groups (broad SMARTS) is 2. The second-order valence-corrected chi connectivity index (χ2v) is 6.72. The standard InChI is InChI=1S/C18H16BNO10/c21-8-14(22)20-13(5-10-9-28-12-4-2-1-3-11(10)12)19-29-17(27)18(30-19,6-15(23)24)7-16(25)26/h1-4,8-9,13H,5-7H2,(H,20,22)(H,23,24)(H,25,26). The van der Waals surface area contributed by atoms with Gasteiger partial charge < -0.3 is 29.3 Å². The van der Waals surface area contributed by atoms with Gasteiger partial charge in [-0.25, -0.2) is 0 Å². The number of amides is 1. The van der Waals surface area contributed by atoms with Crippen LogP contribution in [0.15, 0.2) is 34.9 Å². The maximum Gasteiger partial charge on any atom is 0.552 e. The lowest BCUT2D eigenvalue weighted by molar-refractivity contribution is -0.157. The van der Waals surface area contributed by atoms with Crippen molar-refractivity contribution < 1.29 is 47.9 Å². The average Bonchev–Trinajstić information content (AvgIpc) is 3.21. The van der Waals surface area contributed by atoms with E-state index in [0.717, 1.165) is 0 Å². The largest absolute Gasteiger partial charge is 0.552 e. The van der Waals surface area contributed by atoms with E-state index in [1.807, 2.05) is 0 Å². The molecule has 1 aliphatic rings. The quantitative estimate of drug-likeness (QED) is 0.286. The highest BCUT2D eigenvalue weighted by atomic mass is 16.7. The van der Waals surface area contributed by atoms with Crippen molar-refractivity contribution in [1.82, 2.24) is 5.32 Å². The molecule has 1 fully saturated rings. The van der Waals surface area contributed by atoms with Gasteiger partial charge in [0, 0.05) is 5.39 Å². The van der Waals surface area contributed by atoms with Crippen LogP contribution in [-0.2, 0) is 39.7 Å². The molecule has 0 radical (unpaired) electrons. The number of carbonyl (C=O) groups excluding carboxylic acids is 3. The zero-order chi connectivity index (χ0) is 21.9. The number of hydrogen-bond acceptors (Lipinski definition) is 8. The summed E-state index contributed by atoms with van der Waals surface area (Å²) in [6.45, 7) is 0. The summed E-state index contributed by atoms with van der Waals surface area (Å²) < 4.78 is 16.0. The average molecular weight is 417 g/mol. The van der Waals surface area contributed by atoms with Crippen LogP contribution in [0, 0.1) is 0 Å². The number of fused-ring (bicyclic) bond motifs is 1. The molecule has 1 aromatic carbocycles. The summed E-state index contributed by atoms with van der Waals surface area (Å²) in [5, 5.41) is 21.2. The molecular weight excluding hydrogens is 401 g/mol. The molecule has 1 aromatic heterocycles. The molecule has 1 saturated heterocycles. The first-order valence-corrected chi connectivity index (χ1v) is 8.77. The first-order valence-electron chi connectivity index (χ1n) is 8.77. The van der Waals surface area contributed by atoms with Gasteiger partial charge in [-0.05, 0) is 18.1 Å². The van der Waals surface area contributed by atoms with Gasteiger partial charge in [0.15, 0.2) is 5.60 Å². The topological polar surface area (TPSA) is 169 Å². The molecule has 0 spiro atoms. The zero-order valence-electron chi connectivity index (χ0n) is 15.4. The van der Waals surface area contributed by atoms with Crippen LogP contribution in [0.2, 0.25) is 0 Å². The Morgan fingerprint density at radius 3 is 2.47 bits per heavy atom. The van der Waals surface area contributed by atoms with E-state index in [2.05, 4.69) is 5.32 Å². The zero-order valence-corrected chi connectivity index (χ0v) is 15.4. The molecule has 1 amide bonds. The molecule has 156 valence electrons. The Bertz CT molecular complexity index is 999. The number of carbonyl (C=O) groups is 5. The Balaban J connectivity index is 1.91. The summed E-state index contributed by atoms with van der Waals surface area (Å²) in [4.78, 5) is 57.2. The molecule has 0 bridgehead atoms. The molecule has 30 heavy (non-hydrogen) atoms. The number of rotatable bonds is 9. The fourth-order valence-corrected chi connectivity index (χ4v) is 3.31. The third-order valence-corrected chi connectivity index (χ3v) is 4.57. The van der Waals surface area contributed by atoms with E-state index < -0.39 is 55.3 Å². The highest BCUT2D eigenvalue weighted by Crippen LogP contribution is 2.32. The molecule has 2 aromatic rings. The van der Waals surface area contributed by atoms with Crippen LogP contribution >= 0.6 is 0 Å². The van der Waals surface area contributed by atoms with Crippen LogP contribution in [-0.4, -0.2) is 59.0 Å². The van der Waals surface area contributed by atoms with E-state index in [1.165, 1.54) is 6.26 Å². The van der Waals surface area contributed by atoms with E-state index in [0.29, 0.717) is 16.5 Å². The van der Waals surface area contributed by atoms with Crippen molar-refractivity contribution in [2.45, 2.75) is 30.8 Å². The summed E-state index contributed by atoms with van der Waals surface area (Å²) >= 11 is 0. The maximum absolute atomic E-state index is 12.4. The minimum absolute atomic E-state index is 0.00916. The SMILES string of the molecule is O=CC(=O)NC(Cc1coc2ccccc12)B1OC(=O)C(CC(=O)O)(CC(=O)O)O1. The van der Waals surface area contributed by atoms with Gasteiger partial charge in [-0.2, -0.15) is 0 Å². The molecule has 1 atom stereocenters. The van der Waals surface area contributed by atoms with E-state index in [4.69, 9.17) is 23.9 Å². The minimum atomic E-state index is -2.26. The predicted octanol–water partition coefficient (Wildman–Crippen LogP) is -0.0520. The van der Waals surface area contributed by atoms with Crippen LogP contribution < -0.4 is 5.32 Å². The Morgan fingerprint density at radius 1 is 1.17 bits per heavy atom. The van der Waals surface area contributed by atoms with Crippen molar-refractivity contribution in [3.05, 3.63) is 36.1 Å². The first-order chi connectivity index (χ1) is 14.2. The van der Waals surface area contributed by atoms with Gasteiger partial charge in [0.25, 0.3) is 5.91 Å². The summed E-state index contributed by atoms with van der Waals surface area (Å²) in [5.41, 5.74) is -1.11. The van der Waals surface area contributed by atoms with E-state index >= 15 is 0 Å². The van der Waals surface area contributed by atoms with E-state index in [-0.39, 0.29) is 12.7 Å². The lowest BCUT2D eigenvalue weighted by Gasteiger charge is -2.23. The Hall–Kier alpha value is -3.67. The van der Waals surface area contributed by atoms with Crippen LogP contribution in [0.5, 0.6) is 0 Å². The number of hydrogen-bond donors (Lipinski definition) is 3. The minimum Gasteiger partial charge on any atom is -0.506 e. The molecule has 0 saturated carbocycles. The number of aliphatic carboxylic acids is 2. The number of furan rings is 1. The van der Waals surface area contributed by atoms with Gasteiger partial charge in [-0.1, -0.05) is 18.2 Å². The monoisotopic (exact) mass is 417 g/mol. The third-order valence-electron chi connectivity index (χ3n) is 4.57. The van der Waals surface area contributed by atoms with Crippen molar-refractivity contribution in [2.75, 3.05) is 0 Å². The van der Waals surface area contributed by atoms with Crippen LogP contribution in [0.3, 0.4) is 0 Å². The fourth-order valence-electron chi connectivity index (χ4n) is 3.31. The highest BCUT2D eigenvalue weighted by Gasteiger charge is 2.57. The summed E-state index contributed by atoms with van der Waals surface area (Å²) in [6, 6.07) is 6.99. The molecule has 3 N–H and O–H groups in total. The molecule has 12 heteroatoms. The number of benzene rings is 1. The Labute approximate surface area is 169 Å². The van der Waals surface area contributed by atoms with Gasteiger partial charge in [0.1, 0.15) is 5.58 Å². The summed E-state index contributed by atoms with van der Waals surface area (Å²) in [7, 11) is -1.52. The molecule has 2 heterocycles. The summed E-state index contributed by atoms with van der Waals surface area (Å²) in [5.74, 6) is -6.26. The van der Waals surface area contributed by atoms with Crippen molar-refractivity contribution in [1.29, 1.82) is 0 Å². The van der Waals surface area contributed by atoms with Crippen molar-refractivity contribution in [2.24, 2.45) is 0 Å². The first kappa shape index (κ1) is 21.1. The smallest absolute Gasteiger partial charge is 0.506 e. The Kier molecular flexibility index (Phi) is 5.87. The van der Waals surface area contributed by atoms with E-state index in [9.17, 15) is 24.0 Å². The normalized spacial score (nSPS) is 16.1. The molecule has 0 aliphatic carbocycles. The number of aldehydes is 1. The van der Waals surface area contributed by atoms with Crippen LogP contribution in [0.25, 0.3) is 11.0 Å². The molecule has 1 aliphatic heterocycles. The van der Waals surface area contributed by atoms with Crippen LogP contribution in [0.4, 0.5) is 0 Å². The lowest BCUT2D eigenvalue weighted by Crippen LogP contribution is -2.50. The lowest BCUT2D eigenvalue weighted by atomic mass is 9.74. The Morgan fingerprint density at radius 2 is 1.83 bits per heavy atom. The van der Waals surface area contributed by atoms with E-state index in [1.54, 1.807) is 24.3 Å². The number of para-hydroxylation sites is 1. The van der Waals surface area contributed by atoms with Crippen molar-refractivity contribution in [3.8, 4) is 0 Å². The van der Waals surface area contributed by atoms with Crippen LogP contribution in [0.1, 0.15) is 18.4 Å².